The maximum absolute atomic E-state index is 11.6. The molecular weight excluding hydrogens is 248 g/mol. The van der Waals surface area contributed by atoms with E-state index in [9.17, 15) is 4.79 Å². The van der Waals surface area contributed by atoms with Crippen LogP contribution in [-0.2, 0) is 22.4 Å². The molecule has 108 valence electrons. The van der Waals surface area contributed by atoms with Gasteiger partial charge in [0.15, 0.2) is 5.69 Å². The Labute approximate surface area is 113 Å². The van der Waals surface area contributed by atoms with Crippen molar-refractivity contribution in [1.82, 2.24) is 15.0 Å². The number of carbonyl (C=O) groups excluding carboxylic acids is 1. The number of rotatable bonds is 7. The van der Waals surface area contributed by atoms with Crippen LogP contribution in [0.3, 0.4) is 0 Å². The van der Waals surface area contributed by atoms with E-state index >= 15 is 0 Å². The van der Waals surface area contributed by atoms with Gasteiger partial charge in [-0.2, -0.15) is 0 Å². The van der Waals surface area contributed by atoms with Gasteiger partial charge < -0.3 is 15.2 Å². The SMILES string of the molecule is COC(=O)c1nnn(CCC(C)(C)OC)c1CCN. The first-order valence-corrected chi connectivity index (χ1v) is 6.21. The molecule has 0 aliphatic rings. The quantitative estimate of drug-likeness (QED) is 0.720. The minimum absolute atomic E-state index is 0.239. The van der Waals surface area contributed by atoms with Crippen molar-refractivity contribution < 1.29 is 14.3 Å². The maximum Gasteiger partial charge on any atom is 0.360 e. The third kappa shape index (κ3) is 4.00. The van der Waals surface area contributed by atoms with Gasteiger partial charge in [0, 0.05) is 20.1 Å². The fourth-order valence-electron chi connectivity index (χ4n) is 1.63. The molecule has 1 aromatic heterocycles. The molecule has 0 aliphatic carbocycles. The summed E-state index contributed by atoms with van der Waals surface area (Å²) in [6, 6.07) is 0. The van der Waals surface area contributed by atoms with Gasteiger partial charge in [-0.25, -0.2) is 9.48 Å². The van der Waals surface area contributed by atoms with E-state index in [1.54, 1.807) is 11.8 Å². The summed E-state index contributed by atoms with van der Waals surface area (Å²) in [5.74, 6) is -0.485. The number of hydrogen-bond acceptors (Lipinski definition) is 6. The van der Waals surface area contributed by atoms with E-state index in [-0.39, 0.29) is 11.3 Å². The highest BCUT2D eigenvalue weighted by atomic mass is 16.5. The molecule has 2 N–H and O–H groups in total. The van der Waals surface area contributed by atoms with Crippen molar-refractivity contribution in [2.75, 3.05) is 20.8 Å². The first-order valence-electron chi connectivity index (χ1n) is 6.21. The standard InChI is InChI=1S/C12H22N4O3/c1-12(2,19-4)6-8-16-9(5-7-13)10(14-15-16)11(17)18-3/h5-8,13H2,1-4H3. The predicted molar refractivity (Wildman–Crippen MR) is 69.8 cm³/mol. The summed E-state index contributed by atoms with van der Waals surface area (Å²) in [5, 5.41) is 7.87. The number of carbonyl (C=O) groups is 1. The molecule has 0 aliphatic heterocycles. The van der Waals surface area contributed by atoms with E-state index in [0.717, 1.165) is 6.42 Å². The second-order valence-electron chi connectivity index (χ2n) is 4.85. The second-order valence-corrected chi connectivity index (χ2v) is 4.85. The van der Waals surface area contributed by atoms with Crippen LogP contribution in [0.5, 0.6) is 0 Å². The number of methoxy groups -OCH3 is 2. The molecule has 0 fully saturated rings. The number of hydrogen-bond donors (Lipinski definition) is 1. The minimum Gasteiger partial charge on any atom is -0.464 e. The van der Waals surface area contributed by atoms with Gasteiger partial charge in [-0.15, -0.1) is 5.10 Å². The van der Waals surface area contributed by atoms with E-state index in [4.69, 9.17) is 10.5 Å². The van der Waals surface area contributed by atoms with E-state index in [0.29, 0.717) is 25.2 Å². The smallest absolute Gasteiger partial charge is 0.360 e. The van der Waals surface area contributed by atoms with Crippen LogP contribution in [-0.4, -0.2) is 47.3 Å². The maximum atomic E-state index is 11.6. The summed E-state index contributed by atoms with van der Waals surface area (Å²) in [4.78, 5) is 11.6. The summed E-state index contributed by atoms with van der Waals surface area (Å²) < 4.78 is 11.7. The number of nitrogens with zero attached hydrogens (tertiary/aromatic N) is 3. The molecule has 1 heterocycles. The fourth-order valence-corrected chi connectivity index (χ4v) is 1.63. The van der Waals surface area contributed by atoms with Crippen molar-refractivity contribution in [2.45, 2.75) is 38.8 Å². The zero-order valence-electron chi connectivity index (χ0n) is 12.0. The van der Waals surface area contributed by atoms with E-state index in [2.05, 4.69) is 15.0 Å². The molecule has 0 unspecified atom stereocenters. The molecule has 1 aromatic rings. The molecule has 19 heavy (non-hydrogen) atoms. The van der Waals surface area contributed by atoms with Gasteiger partial charge in [0.25, 0.3) is 0 Å². The van der Waals surface area contributed by atoms with Crippen LogP contribution in [0.4, 0.5) is 0 Å². The van der Waals surface area contributed by atoms with Crippen LogP contribution < -0.4 is 5.73 Å². The number of aryl methyl sites for hydroxylation is 1. The molecule has 0 saturated carbocycles. The summed E-state index contributed by atoms with van der Waals surface area (Å²) >= 11 is 0. The Morgan fingerprint density at radius 1 is 1.42 bits per heavy atom. The second kappa shape index (κ2) is 6.63. The van der Waals surface area contributed by atoms with Crippen LogP contribution in [0.2, 0.25) is 0 Å². The summed E-state index contributed by atoms with van der Waals surface area (Å²) in [7, 11) is 2.99. The zero-order chi connectivity index (χ0) is 14.5. The Morgan fingerprint density at radius 3 is 2.63 bits per heavy atom. The van der Waals surface area contributed by atoms with Crippen LogP contribution in [0.25, 0.3) is 0 Å². The lowest BCUT2D eigenvalue weighted by Gasteiger charge is -2.22. The Morgan fingerprint density at radius 2 is 2.11 bits per heavy atom. The van der Waals surface area contributed by atoms with Crippen molar-refractivity contribution in [1.29, 1.82) is 0 Å². The minimum atomic E-state index is -0.485. The van der Waals surface area contributed by atoms with Crippen molar-refractivity contribution in [3.8, 4) is 0 Å². The molecule has 0 radical (unpaired) electrons. The largest absolute Gasteiger partial charge is 0.464 e. The Balaban J connectivity index is 2.89. The Kier molecular flexibility index (Phi) is 5.44. The first kappa shape index (κ1) is 15.6. The molecule has 7 heteroatoms. The monoisotopic (exact) mass is 270 g/mol. The number of aromatic nitrogens is 3. The van der Waals surface area contributed by atoms with Gasteiger partial charge in [0.05, 0.1) is 18.4 Å². The fraction of sp³-hybridized carbons (Fsp3) is 0.750. The zero-order valence-corrected chi connectivity index (χ0v) is 12.0. The topological polar surface area (TPSA) is 92.3 Å². The molecular formula is C12H22N4O3. The Hall–Kier alpha value is -1.47. The van der Waals surface area contributed by atoms with Crippen molar-refractivity contribution in [2.24, 2.45) is 5.73 Å². The van der Waals surface area contributed by atoms with Gasteiger partial charge in [-0.05, 0) is 26.8 Å². The van der Waals surface area contributed by atoms with Crippen molar-refractivity contribution >= 4 is 5.97 Å². The number of nitrogens with two attached hydrogens (primary N) is 1. The molecule has 0 amide bonds. The number of esters is 1. The van der Waals surface area contributed by atoms with Crippen molar-refractivity contribution in [3.05, 3.63) is 11.4 Å². The average Bonchev–Trinajstić information content (AvgIpc) is 2.79. The van der Waals surface area contributed by atoms with E-state index in [1.807, 2.05) is 13.8 Å². The first-order chi connectivity index (χ1) is 8.95. The predicted octanol–water partition coefficient (Wildman–Crippen LogP) is 0.381. The highest BCUT2D eigenvalue weighted by Gasteiger charge is 2.22. The molecule has 0 aromatic carbocycles. The lowest BCUT2D eigenvalue weighted by molar-refractivity contribution is 0.0110. The van der Waals surface area contributed by atoms with Crippen LogP contribution in [0.15, 0.2) is 0 Å². The highest BCUT2D eigenvalue weighted by Crippen LogP contribution is 2.16. The van der Waals surface area contributed by atoms with E-state index in [1.165, 1.54) is 7.11 Å². The average molecular weight is 270 g/mol. The molecule has 0 bridgehead atoms. The molecule has 0 spiro atoms. The third-order valence-electron chi connectivity index (χ3n) is 3.08. The molecule has 1 rings (SSSR count). The number of ether oxygens (including phenoxy) is 2. The lowest BCUT2D eigenvalue weighted by atomic mass is 10.1. The normalized spacial score (nSPS) is 11.6. The molecule has 0 saturated heterocycles. The van der Waals surface area contributed by atoms with Gasteiger partial charge in [0.1, 0.15) is 0 Å². The van der Waals surface area contributed by atoms with E-state index < -0.39 is 5.97 Å². The summed E-state index contributed by atoms with van der Waals surface area (Å²) in [5.41, 5.74) is 6.26. The summed E-state index contributed by atoms with van der Waals surface area (Å²) in [6.45, 7) is 5.02. The Bertz CT molecular complexity index is 429. The summed E-state index contributed by atoms with van der Waals surface area (Å²) in [6.07, 6.45) is 1.29. The van der Waals surface area contributed by atoms with Gasteiger partial charge >= 0.3 is 5.97 Å². The van der Waals surface area contributed by atoms with Crippen LogP contribution in [0, 0.1) is 0 Å². The lowest BCUT2D eigenvalue weighted by Crippen LogP contribution is -2.25. The molecule has 7 nitrogen and oxygen atoms in total. The molecule has 0 atom stereocenters. The van der Waals surface area contributed by atoms with Gasteiger partial charge in [-0.3, -0.25) is 0 Å². The third-order valence-corrected chi connectivity index (χ3v) is 3.08. The highest BCUT2D eigenvalue weighted by molar-refractivity contribution is 5.88. The van der Waals surface area contributed by atoms with Gasteiger partial charge in [-0.1, -0.05) is 5.21 Å². The van der Waals surface area contributed by atoms with Crippen molar-refractivity contribution in [3.63, 3.8) is 0 Å². The van der Waals surface area contributed by atoms with Gasteiger partial charge in [0.2, 0.25) is 0 Å². The van der Waals surface area contributed by atoms with Crippen LogP contribution >= 0.6 is 0 Å². The van der Waals surface area contributed by atoms with Crippen LogP contribution in [0.1, 0.15) is 36.5 Å².